The molecule has 108 valence electrons. The van der Waals surface area contributed by atoms with Crippen LogP contribution in [0.3, 0.4) is 0 Å². The fourth-order valence-electron chi connectivity index (χ4n) is 1.88. The van der Waals surface area contributed by atoms with E-state index in [0.717, 1.165) is 5.52 Å². The molecular weight excluding hydrogens is 274 g/mol. The largest absolute Gasteiger partial charge is 0.472 e. The molecule has 0 fully saturated rings. The van der Waals surface area contributed by atoms with Crippen LogP contribution in [0.5, 0.6) is 5.88 Å². The van der Waals surface area contributed by atoms with Gasteiger partial charge in [0.25, 0.3) is 11.8 Å². The van der Waals surface area contributed by atoms with E-state index in [9.17, 15) is 4.79 Å². The van der Waals surface area contributed by atoms with Gasteiger partial charge in [0.2, 0.25) is 0 Å². The molecule has 8 heteroatoms. The number of aromatic nitrogens is 4. The molecule has 0 saturated heterocycles. The molecule has 1 N–H and O–H groups in total. The Balaban J connectivity index is 1.57. The fraction of sp³-hybridized carbons (Fsp3) is 0.231. The molecule has 0 radical (unpaired) electrons. The maximum absolute atomic E-state index is 12.1. The lowest BCUT2D eigenvalue weighted by Crippen LogP contribution is -2.29. The molecule has 3 aromatic heterocycles. The van der Waals surface area contributed by atoms with Crippen molar-refractivity contribution in [1.29, 1.82) is 0 Å². The summed E-state index contributed by atoms with van der Waals surface area (Å²) in [7, 11) is 0. The monoisotopic (exact) mass is 287 g/mol. The zero-order valence-electron chi connectivity index (χ0n) is 11.3. The van der Waals surface area contributed by atoms with Gasteiger partial charge in [0.05, 0.1) is 18.3 Å². The van der Waals surface area contributed by atoms with Crippen LogP contribution in [0, 0.1) is 6.92 Å². The number of fused-ring (bicyclic) bond motifs is 1. The second-order valence-electron chi connectivity index (χ2n) is 4.34. The first-order valence-corrected chi connectivity index (χ1v) is 6.38. The topological polar surface area (TPSA) is 94.5 Å². The third-order valence-corrected chi connectivity index (χ3v) is 2.89. The summed E-state index contributed by atoms with van der Waals surface area (Å²) < 4.78 is 11.4. The third kappa shape index (κ3) is 2.69. The molecule has 0 spiro atoms. The van der Waals surface area contributed by atoms with E-state index < -0.39 is 0 Å². The number of nitrogens with one attached hydrogen (secondary N) is 1. The van der Waals surface area contributed by atoms with Gasteiger partial charge in [-0.25, -0.2) is 9.14 Å². The zero-order valence-corrected chi connectivity index (χ0v) is 11.3. The molecule has 0 unspecified atom stereocenters. The Labute approximate surface area is 119 Å². The lowest BCUT2D eigenvalue weighted by atomic mass is 10.3. The van der Waals surface area contributed by atoms with Gasteiger partial charge in [0, 0.05) is 0 Å². The molecule has 0 aliphatic heterocycles. The van der Waals surface area contributed by atoms with Crippen molar-refractivity contribution >= 4 is 11.4 Å². The Morgan fingerprint density at radius 3 is 3.10 bits per heavy atom. The Morgan fingerprint density at radius 2 is 2.29 bits per heavy atom. The molecule has 3 heterocycles. The smallest absolute Gasteiger partial charge is 0.278 e. The normalized spacial score (nSPS) is 10.7. The van der Waals surface area contributed by atoms with Crippen LogP contribution in [0.25, 0.3) is 5.52 Å². The van der Waals surface area contributed by atoms with Crippen molar-refractivity contribution in [3.8, 4) is 5.88 Å². The summed E-state index contributed by atoms with van der Waals surface area (Å²) in [4.78, 5) is 12.1. The number of hydrogen-bond acceptors (Lipinski definition) is 6. The van der Waals surface area contributed by atoms with E-state index >= 15 is 0 Å². The van der Waals surface area contributed by atoms with Gasteiger partial charge in [-0.1, -0.05) is 11.2 Å². The number of hydrogen-bond donors (Lipinski definition) is 1. The van der Waals surface area contributed by atoms with Crippen molar-refractivity contribution < 1.29 is 14.2 Å². The summed E-state index contributed by atoms with van der Waals surface area (Å²) in [5.74, 6) is 0.112. The van der Waals surface area contributed by atoms with E-state index in [4.69, 9.17) is 4.74 Å². The highest BCUT2D eigenvalue weighted by atomic mass is 16.6. The van der Waals surface area contributed by atoms with Gasteiger partial charge in [-0.15, -0.1) is 0 Å². The summed E-state index contributed by atoms with van der Waals surface area (Å²) in [6, 6.07) is 7.24. The van der Waals surface area contributed by atoms with Crippen LogP contribution in [-0.4, -0.2) is 39.0 Å². The molecule has 8 nitrogen and oxygen atoms in total. The highest BCUT2D eigenvalue weighted by Gasteiger charge is 2.10. The van der Waals surface area contributed by atoms with Gasteiger partial charge in [0.15, 0.2) is 0 Å². The van der Waals surface area contributed by atoms with Crippen LogP contribution in [0.1, 0.15) is 16.2 Å². The molecule has 0 bridgehead atoms. The molecule has 3 rings (SSSR count). The van der Waals surface area contributed by atoms with E-state index in [0.29, 0.717) is 23.8 Å². The molecular formula is C13H13N5O3. The summed E-state index contributed by atoms with van der Waals surface area (Å²) in [5, 5.41) is 14.1. The van der Waals surface area contributed by atoms with Gasteiger partial charge in [-0.3, -0.25) is 4.79 Å². The Bertz CT molecular complexity index is 764. The van der Waals surface area contributed by atoms with Crippen molar-refractivity contribution in [2.75, 3.05) is 13.2 Å². The van der Waals surface area contributed by atoms with Gasteiger partial charge in [-0.2, -0.15) is 5.10 Å². The van der Waals surface area contributed by atoms with Crippen molar-refractivity contribution in [3.05, 3.63) is 41.9 Å². The van der Waals surface area contributed by atoms with Crippen molar-refractivity contribution in [2.45, 2.75) is 6.92 Å². The molecule has 0 aliphatic carbocycles. The molecule has 21 heavy (non-hydrogen) atoms. The summed E-state index contributed by atoms with van der Waals surface area (Å²) in [6.45, 7) is 2.33. The first-order chi connectivity index (χ1) is 10.3. The van der Waals surface area contributed by atoms with Gasteiger partial charge in [-0.05, 0) is 30.3 Å². The average Bonchev–Trinajstić information content (AvgIpc) is 3.11. The van der Waals surface area contributed by atoms with Gasteiger partial charge in [0.1, 0.15) is 18.0 Å². The van der Waals surface area contributed by atoms with Crippen LogP contribution in [0.2, 0.25) is 0 Å². The Morgan fingerprint density at radius 1 is 1.38 bits per heavy atom. The number of amides is 1. The predicted octanol–water partition coefficient (Wildman–Crippen LogP) is 0.835. The van der Waals surface area contributed by atoms with Gasteiger partial charge >= 0.3 is 0 Å². The fourth-order valence-corrected chi connectivity index (χ4v) is 1.88. The number of aryl methyl sites for hydroxylation is 1. The first kappa shape index (κ1) is 13.1. The minimum atomic E-state index is -0.220. The first-order valence-electron chi connectivity index (χ1n) is 6.38. The van der Waals surface area contributed by atoms with Crippen LogP contribution in [-0.2, 0) is 0 Å². The van der Waals surface area contributed by atoms with E-state index in [2.05, 4.69) is 25.4 Å². The van der Waals surface area contributed by atoms with E-state index in [1.165, 1.54) is 0 Å². The second-order valence-corrected chi connectivity index (χ2v) is 4.34. The summed E-state index contributed by atoms with van der Waals surface area (Å²) >= 11 is 0. The van der Waals surface area contributed by atoms with Crippen molar-refractivity contribution in [1.82, 2.24) is 25.2 Å². The summed E-state index contributed by atoms with van der Waals surface area (Å²) in [5.41, 5.74) is 1.91. The molecule has 1 amide bonds. The summed E-state index contributed by atoms with van der Waals surface area (Å²) in [6.07, 6.45) is 1.65. The van der Waals surface area contributed by atoms with E-state index in [1.807, 2.05) is 18.2 Å². The van der Waals surface area contributed by atoms with Crippen LogP contribution < -0.4 is 10.1 Å². The number of ether oxygens (including phenoxy) is 1. The molecule has 0 aliphatic rings. The Hall–Kier alpha value is -2.90. The van der Waals surface area contributed by atoms with Crippen LogP contribution in [0.4, 0.5) is 0 Å². The lowest BCUT2D eigenvalue weighted by molar-refractivity contribution is 0.0939. The highest BCUT2D eigenvalue weighted by molar-refractivity contribution is 5.93. The molecule has 0 atom stereocenters. The number of pyridine rings is 1. The number of carbonyl (C=O) groups excluding carboxylic acids is 1. The average molecular weight is 287 g/mol. The maximum atomic E-state index is 12.1. The number of nitrogens with zero attached hydrogens (tertiary/aromatic N) is 4. The predicted molar refractivity (Wildman–Crippen MR) is 72.1 cm³/mol. The zero-order chi connectivity index (χ0) is 14.7. The minimum Gasteiger partial charge on any atom is -0.472 e. The standard InChI is InChI=1S/C13H13N5O3/c1-9-13(17-21-16-9)20-8-7-14-12(19)11-4-2-3-10-5-6-15-18(10)11/h2-6H,7-8H2,1H3,(H,14,19). The quantitative estimate of drug-likeness (QED) is 0.699. The van der Waals surface area contributed by atoms with Crippen molar-refractivity contribution in [3.63, 3.8) is 0 Å². The van der Waals surface area contributed by atoms with Gasteiger partial charge < -0.3 is 10.1 Å². The molecule has 0 aromatic carbocycles. The van der Waals surface area contributed by atoms with E-state index in [1.54, 1.807) is 23.7 Å². The molecule has 0 saturated carbocycles. The van der Waals surface area contributed by atoms with Crippen LogP contribution >= 0.6 is 0 Å². The maximum Gasteiger partial charge on any atom is 0.278 e. The SMILES string of the molecule is Cc1nonc1OCCNC(=O)c1cccc2ccnn12. The molecule has 3 aromatic rings. The van der Waals surface area contributed by atoms with Crippen LogP contribution in [0.15, 0.2) is 35.1 Å². The number of carbonyl (C=O) groups is 1. The minimum absolute atomic E-state index is 0.220. The highest BCUT2D eigenvalue weighted by Crippen LogP contribution is 2.09. The second kappa shape index (κ2) is 5.61. The van der Waals surface area contributed by atoms with E-state index in [-0.39, 0.29) is 12.5 Å². The van der Waals surface area contributed by atoms with Crippen molar-refractivity contribution in [2.24, 2.45) is 0 Å². The lowest BCUT2D eigenvalue weighted by Gasteiger charge is -2.07. The Kier molecular flexibility index (Phi) is 3.50. The third-order valence-electron chi connectivity index (χ3n) is 2.89. The number of rotatable bonds is 5.